The molecule has 2 aromatic heterocycles. The number of alkyl halides is 3. The van der Waals surface area contributed by atoms with Crippen LogP contribution in [0.5, 0.6) is 0 Å². The molecule has 0 radical (unpaired) electrons. The monoisotopic (exact) mass is 400 g/mol. The number of nitrogens with zero attached hydrogens (tertiary/aromatic N) is 4. The van der Waals surface area contributed by atoms with Crippen molar-refractivity contribution in [3.8, 4) is 0 Å². The second-order valence-electron chi connectivity index (χ2n) is 5.74. The van der Waals surface area contributed by atoms with Crippen LogP contribution < -0.4 is 5.49 Å². The van der Waals surface area contributed by atoms with Gasteiger partial charge in [-0.05, 0) is 30.2 Å². The van der Waals surface area contributed by atoms with Crippen LogP contribution in [-0.4, -0.2) is 28.2 Å². The molecule has 0 N–H and O–H groups in total. The number of oxime groups is 1. The van der Waals surface area contributed by atoms with Crippen molar-refractivity contribution in [3.05, 3.63) is 58.9 Å². The third kappa shape index (κ3) is 7.05. The summed E-state index contributed by atoms with van der Waals surface area (Å²) < 4.78 is 41.3. The van der Waals surface area contributed by atoms with Gasteiger partial charge in [0.15, 0.2) is 0 Å². The number of rotatable bonds is 7. The van der Waals surface area contributed by atoms with Gasteiger partial charge in [0.2, 0.25) is 0 Å². The van der Waals surface area contributed by atoms with Crippen LogP contribution >= 0.6 is 11.6 Å². The molecule has 0 aliphatic rings. The van der Waals surface area contributed by atoms with Crippen molar-refractivity contribution < 1.29 is 18.0 Å². The Balaban J connectivity index is 2.28. The van der Waals surface area contributed by atoms with Crippen molar-refractivity contribution in [2.45, 2.75) is 38.9 Å². The molecule has 2 aromatic rings. The minimum absolute atomic E-state index is 0.0979. The van der Waals surface area contributed by atoms with Gasteiger partial charge in [-0.2, -0.15) is 13.2 Å². The summed E-state index contributed by atoms with van der Waals surface area (Å²) in [5, 5.41) is 3.54. The second kappa shape index (κ2) is 10.1. The molecule has 0 aromatic carbocycles. The van der Waals surface area contributed by atoms with Gasteiger partial charge in [-0.15, -0.1) is 0 Å². The van der Waals surface area contributed by atoms with Gasteiger partial charge in [0, 0.05) is 12.4 Å². The van der Waals surface area contributed by atoms with E-state index in [0.717, 1.165) is 18.4 Å². The quantitative estimate of drug-likeness (QED) is 0.225. The molecule has 0 aliphatic heterocycles. The first-order valence-electron chi connectivity index (χ1n) is 8.48. The highest BCUT2D eigenvalue weighted by molar-refractivity contribution is 6.29. The second-order valence-corrected chi connectivity index (χ2v) is 6.13. The van der Waals surface area contributed by atoms with Crippen LogP contribution in [0.25, 0.3) is 0 Å². The first-order chi connectivity index (χ1) is 12.9. The minimum Gasteiger partial charge on any atom is -0.394 e. The standard InChI is InChI=1S/C18H20ClF3N4O/c1-2-3-6-11-27-25-17(18(20,21)22)24-16-7-4-5-10-26(16)13-14-8-9-15(19)23-12-14/h4-5,7-10,12H,2-3,6,11,13H2,1H3/b24-16?,25-17+. The van der Waals surface area contributed by atoms with E-state index in [1.807, 2.05) is 6.92 Å². The van der Waals surface area contributed by atoms with Gasteiger partial charge >= 0.3 is 6.18 Å². The summed E-state index contributed by atoms with van der Waals surface area (Å²) in [4.78, 5) is 12.5. The molecule has 27 heavy (non-hydrogen) atoms. The van der Waals surface area contributed by atoms with Crippen LogP contribution in [-0.2, 0) is 11.4 Å². The van der Waals surface area contributed by atoms with Gasteiger partial charge in [0.05, 0.1) is 6.54 Å². The molecule has 0 fully saturated rings. The Morgan fingerprint density at radius 2 is 2.04 bits per heavy atom. The summed E-state index contributed by atoms with van der Waals surface area (Å²) in [6, 6.07) is 8.14. The SMILES string of the molecule is CCCCCO/N=C(/N=c1ccccn1Cc1ccc(Cl)nc1)C(F)(F)F. The Morgan fingerprint density at radius 3 is 2.70 bits per heavy atom. The molecule has 0 saturated heterocycles. The van der Waals surface area contributed by atoms with E-state index < -0.39 is 12.0 Å². The fourth-order valence-electron chi connectivity index (χ4n) is 2.17. The maximum Gasteiger partial charge on any atom is 0.455 e. The predicted molar refractivity (Wildman–Crippen MR) is 97.3 cm³/mol. The van der Waals surface area contributed by atoms with Crippen molar-refractivity contribution in [1.29, 1.82) is 0 Å². The molecule has 5 nitrogen and oxygen atoms in total. The van der Waals surface area contributed by atoms with Crippen LogP contribution in [0.3, 0.4) is 0 Å². The van der Waals surface area contributed by atoms with Gasteiger partial charge in [0.25, 0.3) is 5.84 Å². The molecule has 0 aliphatic carbocycles. The van der Waals surface area contributed by atoms with Crippen molar-refractivity contribution >= 4 is 17.4 Å². The van der Waals surface area contributed by atoms with E-state index in [9.17, 15) is 13.2 Å². The van der Waals surface area contributed by atoms with E-state index in [1.54, 1.807) is 41.2 Å². The largest absolute Gasteiger partial charge is 0.455 e. The minimum atomic E-state index is -4.72. The van der Waals surface area contributed by atoms with Crippen LogP contribution in [0.15, 0.2) is 52.9 Å². The lowest BCUT2D eigenvalue weighted by atomic mass is 10.3. The fourth-order valence-corrected chi connectivity index (χ4v) is 2.28. The molecular weight excluding hydrogens is 381 g/mol. The average Bonchev–Trinajstić information content (AvgIpc) is 2.63. The van der Waals surface area contributed by atoms with Crippen LogP contribution in [0, 0.1) is 0 Å². The lowest BCUT2D eigenvalue weighted by Gasteiger charge is -2.09. The zero-order chi connectivity index (χ0) is 19.7. The summed E-state index contributed by atoms with van der Waals surface area (Å²) in [5.74, 6) is -1.33. The molecule has 0 bridgehead atoms. The van der Waals surface area contributed by atoms with Gasteiger partial charge in [0.1, 0.15) is 17.2 Å². The smallest absolute Gasteiger partial charge is 0.394 e. The molecule has 0 spiro atoms. The van der Waals surface area contributed by atoms with Gasteiger partial charge < -0.3 is 9.40 Å². The third-order valence-electron chi connectivity index (χ3n) is 3.52. The number of hydrogen-bond donors (Lipinski definition) is 0. The lowest BCUT2D eigenvalue weighted by molar-refractivity contribution is -0.0635. The summed E-state index contributed by atoms with van der Waals surface area (Å²) in [6.07, 6.45) is 0.903. The maximum absolute atomic E-state index is 13.2. The average molecular weight is 401 g/mol. The van der Waals surface area contributed by atoms with E-state index in [2.05, 4.69) is 15.1 Å². The van der Waals surface area contributed by atoms with E-state index >= 15 is 0 Å². The Morgan fingerprint density at radius 1 is 1.22 bits per heavy atom. The van der Waals surface area contributed by atoms with E-state index in [1.165, 1.54) is 6.07 Å². The highest BCUT2D eigenvalue weighted by Gasteiger charge is 2.37. The Labute approximate surface area is 160 Å². The Hall–Kier alpha value is -2.35. The zero-order valence-electron chi connectivity index (χ0n) is 14.8. The van der Waals surface area contributed by atoms with Crippen LogP contribution in [0.1, 0.15) is 31.7 Å². The van der Waals surface area contributed by atoms with Crippen LogP contribution in [0.2, 0.25) is 5.15 Å². The highest BCUT2D eigenvalue weighted by atomic mass is 35.5. The number of pyridine rings is 2. The number of halogens is 4. The topological polar surface area (TPSA) is 51.8 Å². The molecule has 9 heteroatoms. The summed E-state index contributed by atoms with van der Waals surface area (Å²) >= 11 is 5.75. The number of amidine groups is 1. The van der Waals surface area contributed by atoms with Crippen LogP contribution in [0.4, 0.5) is 13.2 Å². The molecule has 2 heterocycles. The highest BCUT2D eigenvalue weighted by Crippen LogP contribution is 2.18. The molecule has 0 atom stereocenters. The summed E-state index contributed by atoms with van der Waals surface area (Å²) in [5.41, 5.74) is 0.869. The lowest BCUT2D eigenvalue weighted by Crippen LogP contribution is -2.28. The summed E-state index contributed by atoms with van der Waals surface area (Å²) in [6.45, 7) is 2.39. The number of hydrogen-bond acceptors (Lipinski definition) is 3. The van der Waals surface area contributed by atoms with Crippen molar-refractivity contribution in [2.75, 3.05) is 6.61 Å². The van der Waals surface area contributed by atoms with E-state index in [4.69, 9.17) is 16.4 Å². The van der Waals surface area contributed by atoms with Gasteiger partial charge in [-0.1, -0.05) is 48.7 Å². The van der Waals surface area contributed by atoms with Crippen molar-refractivity contribution in [1.82, 2.24) is 9.55 Å². The molecule has 0 amide bonds. The molecule has 146 valence electrons. The van der Waals surface area contributed by atoms with Gasteiger partial charge in [-0.3, -0.25) is 0 Å². The fraction of sp³-hybridized carbons (Fsp3) is 0.389. The summed E-state index contributed by atoms with van der Waals surface area (Å²) in [7, 11) is 0. The van der Waals surface area contributed by atoms with E-state index in [0.29, 0.717) is 11.6 Å². The number of unbranched alkanes of at least 4 members (excludes halogenated alkanes) is 2. The molecule has 2 rings (SSSR count). The molecule has 0 unspecified atom stereocenters. The molecule has 0 saturated carbocycles. The maximum atomic E-state index is 13.2. The van der Waals surface area contributed by atoms with E-state index in [-0.39, 0.29) is 18.6 Å². The Kier molecular flexibility index (Phi) is 7.84. The number of aromatic nitrogens is 2. The Bertz CT molecular complexity index is 816. The normalized spacial score (nSPS) is 13.1. The van der Waals surface area contributed by atoms with Crippen molar-refractivity contribution in [3.63, 3.8) is 0 Å². The van der Waals surface area contributed by atoms with Gasteiger partial charge in [-0.25, -0.2) is 9.98 Å². The predicted octanol–water partition coefficient (Wildman–Crippen LogP) is 4.57. The first kappa shape index (κ1) is 21.0. The van der Waals surface area contributed by atoms with Crippen molar-refractivity contribution in [2.24, 2.45) is 10.1 Å². The zero-order valence-corrected chi connectivity index (χ0v) is 15.5. The molecular formula is C18H20ClF3N4O. The first-order valence-corrected chi connectivity index (χ1v) is 8.85. The third-order valence-corrected chi connectivity index (χ3v) is 3.75.